The van der Waals surface area contributed by atoms with Crippen molar-refractivity contribution in [1.82, 2.24) is 4.98 Å². The first-order valence-corrected chi connectivity index (χ1v) is 4.46. The molecule has 1 rings (SSSR count). The van der Waals surface area contributed by atoms with Crippen molar-refractivity contribution < 1.29 is 10.0 Å². The normalized spacial score (nSPS) is 9.56. The molecule has 0 aliphatic carbocycles. The van der Waals surface area contributed by atoms with E-state index in [1.54, 1.807) is 13.1 Å². The molecule has 7 nitrogen and oxygen atoms in total. The quantitative estimate of drug-likeness (QED) is 0.580. The maximum absolute atomic E-state index is 10.8. The van der Waals surface area contributed by atoms with E-state index < -0.39 is 4.92 Å². The number of nitrogens with zero attached hydrogens (tertiary/aromatic N) is 4. The fraction of sp³-hybridized carbons (Fsp3) is 0.333. The molecule has 0 unspecified atom stereocenters. The molecule has 0 radical (unpaired) electrons. The first-order chi connectivity index (χ1) is 7.60. The van der Waals surface area contributed by atoms with Crippen LogP contribution in [-0.4, -0.2) is 35.2 Å². The smallest absolute Gasteiger partial charge is 0.312 e. The Kier molecular flexibility index (Phi) is 3.74. The van der Waals surface area contributed by atoms with E-state index in [2.05, 4.69) is 4.98 Å². The first kappa shape index (κ1) is 11.9. The molecule has 0 fully saturated rings. The van der Waals surface area contributed by atoms with Crippen molar-refractivity contribution in [2.24, 2.45) is 0 Å². The van der Waals surface area contributed by atoms with E-state index >= 15 is 0 Å². The van der Waals surface area contributed by atoms with Crippen LogP contribution in [0.4, 0.5) is 11.5 Å². The summed E-state index contributed by atoms with van der Waals surface area (Å²) in [6.07, 6.45) is 1.26. The largest absolute Gasteiger partial charge is 0.395 e. The molecule has 0 atom stereocenters. The van der Waals surface area contributed by atoms with E-state index in [-0.39, 0.29) is 30.2 Å². The van der Waals surface area contributed by atoms with E-state index in [1.807, 2.05) is 0 Å². The zero-order chi connectivity index (χ0) is 12.1. The van der Waals surface area contributed by atoms with E-state index in [4.69, 9.17) is 10.4 Å². The third kappa shape index (κ3) is 2.43. The van der Waals surface area contributed by atoms with Gasteiger partial charge in [-0.25, -0.2) is 4.98 Å². The number of nitro groups is 1. The van der Waals surface area contributed by atoms with Gasteiger partial charge in [-0.15, -0.1) is 0 Å². The van der Waals surface area contributed by atoms with Crippen LogP contribution in [0.2, 0.25) is 0 Å². The van der Waals surface area contributed by atoms with Gasteiger partial charge in [-0.05, 0) is 0 Å². The average Bonchev–Trinajstić information content (AvgIpc) is 2.28. The minimum atomic E-state index is -0.600. The summed E-state index contributed by atoms with van der Waals surface area (Å²) in [5.41, 5.74) is -0.108. The standard InChI is InChI=1S/C9H10N4O3/c1-12(2-3-14)9-8(13(15)16)4-7(5-10)6-11-9/h4,6,14H,2-3H2,1H3. The molecule has 1 heterocycles. The minimum absolute atomic E-state index is 0.130. The monoisotopic (exact) mass is 222 g/mol. The molecule has 0 saturated heterocycles. The molecule has 7 heteroatoms. The van der Waals surface area contributed by atoms with Crippen LogP contribution >= 0.6 is 0 Å². The Morgan fingerprint density at radius 3 is 2.94 bits per heavy atom. The summed E-state index contributed by atoms with van der Waals surface area (Å²) in [5.74, 6) is 0.137. The Bertz CT molecular complexity index is 441. The number of anilines is 1. The van der Waals surface area contributed by atoms with E-state index in [0.29, 0.717) is 0 Å². The molecule has 1 aromatic rings. The van der Waals surface area contributed by atoms with Gasteiger partial charge in [0.2, 0.25) is 5.82 Å². The molecule has 0 spiro atoms. The predicted molar refractivity (Wildman–Crippen MR) is 56.0 cm³/mol. The van der Waals surface area contributed by atoms with Crippen molar-refractivity contribution in [3.05, 3.63) is 27.9 Å². The van der Waals surface area contributed by atoms with Gasteiger partial charge in [-0.1, -0.05) is 0 Å². The Labute approximate surface area is 91.7 Å². The Morgan fingerprint density at radius 2 is 2.44 bits per heavy atom. The highest BCUT2D eigenvalue weighted by Crippen LogP contribution is 2.25. The van der Waals surface area contributed by atoms with Crippen molar-refractivity contribution in [3.8, 4) is 6.07 Å². The molecule has 16 heavy (non-hydrogen) atoms. The lowest BCUT2D eigenvalue weighted by molar-refractivity contribution is -0.384. The molecular formula is C9H10N4O3. The summed E-state index contributed by atoms with van der Waals surface area (Å²) >= 11 is 0. The number of likely N-dealkylation sites (N-methyl/N-ethyl adjacent to an activating group) is 1. The second kappa shape index (κ2) is 5.04. The third-order valence-electron chi connectivity index (χ3n) is 1.97. The van der Waals surface area contributed by atoms with Gasteiger partial charge in [-0.3, -0.25) is 10.1 Å². The number of hydrogen-bond acceptors (Lipinski definition) is 6. The lowest BCUT2D eigenvalue weighted by atomic mass is 10.2. The van der Waals surface area contributed by atoms with Crippen molar-refractivity contribution in [2.75, 3.05) is 25.1 Å². The molecule has 1 aromatic heterocycles. The molecule has 1 N–H and O–H groups in total. The topological polar surface area (TPSA) is 103 Å². The maximum atomic E-state index is 10.8. The molecule has 0 saturated carbocycles. The fourth-order valence-corrected chi connectivity index (χ4v) is 1.19. The average molecular weight is 222 g/mol. The number of rotatable bonds is 4. The predicted octanol–water partition coefficient (Wildman–Crippen LogP) is 0.290. The van der Waals surface area contributed by atoms with E-state index in [0.717, 1.165) is 6.07 Å². The van der Waals surface area contributed by atoms with Crippen molar-refractivity contribution >= 4 is 11.5 Å². The lowest BCUT2D eigenvalue weighted by Crippen LogP contribution is -2.23. The third-order valence-corrected chi connectivity index (χ3v) is 1.97. The van der Waals surface area contributed by atoms with Gasteiger partial charge in [0.15, 0.2) is 0 Å². The molecule has 0 aliphatic rings. The van der Waals surface area contributed by atoms with E-state index in [9.17, 15) is 10.1 Å². The zero-order valence-electron chi connectivity index (χ0n) is 8.62. The summed E-state index contributed by atoms with van der Waals surface area (Å²) in [7, 11) is 1.58. The summed E-state index contributed by atoms with van der Waals surface area (Å²) in [4.78, 5) is 15.5. The van der Waals surface area contributed by atoms with Crippen LogP contribution < -0.4 is 4.90 Å². The van der Waals surface area contributed by atoms with Gasteiger partial charge in [0.05, 0.1) is 17.1 Å². The summed E-state index contributed by atoms with van der Waals surface area (Å²) in [5, 5.41) is 28.1. The van der Waals surface area contributed by atoms with Crippen molar-refractivity contribution in [3.63, 3.8) is 0 Å². The summed E-state index contributed by atoms with van der Waals surface area (Å²) in [6, 6.07) is 2.95. The van der Waals surface area contributed by atoms with Crippen LogP contribution in [0, 0.1) is 21.4 Å². The van der Waals surface area contributed by atoms with Crippen LogP contribution in [0.25, 0.3) is 0 Å². The number of pyridine rings is 1. The number of hydrogen-bond donors (Lipinski definition) is 1. The van der Waals surface area contributed by atoms with Crippen LogP contribution in [0.1, 0.15) is 5.56 Å². The number of aromatic nitrogens is 1. The number of aliphatic hydroxyl groups excluding tert-OH is 1. The Balaban J connectivity index is 3.18. The van der Waals surface area contributed by atoms with Gasteiger partial charge >= 0.3 is 5.69 Å². The second-order valence-corrected chi connectivity index (χ2v) is 3.08. The Hall–Kier alpha value is -2.20. The molecule has 0 bridgehead atoms. The number of nitriles is 1. The highest BCUT2D eigenvalue weighted by atomic mass is 16.6. The summed E-state index contributed by atoms with van der Waals surface area (Å²) < 4.78 is 0. The van der Waals surface area contributed by atoms with Gasteiger partial charge < -0.3 is 10.0 Å². The maximum Gasteiger partial charge on any atom is 0.312 e. The SMILES string of the molecule is CN(CCO)c1ncc(C#N)cc1[N+](=O)[O-]. The Morgan fingerprint density at radius 1 is 1.75 bits per heavy atom. The number of aliphatic hydroxyl groups is 1. The van der Waals surface area contributed by atoms with Gasteiger partial charge in [-0.2, -0.15) is 5.26 Å². The lowest BCUT2D eigenvalue weighted by Gasteiger charge is -2.16. The summed E-state index contributed by atoms with van der Waals surface area (Å²) in [6.45, 7) is 0.106. The van der Waals surface area contributed by atoms with Gasteiger partial charge in [0.25, 0.3) is 0 Å². The molecule has 0 aliphatic heterocycles. The highest BCUT2D eigenvalue weighted by molar-refractivity contribution is 5.59. The first-order valence-electron chi connectivity index (χ1n) is 4.46. The molecular weight excluding hydrogens is 212 g/mol. The van der Waals surface area contributed by atoms with Crippen LogP contribution in [0.15, 0.2) is 12.3 Å². The molecule has 0 aromatic carbocycles. The highest BCUT2D eigenvalue weighted by Gasteiger charge is 2.19. The molecule has 0 amide bonds. The van der Waals surface area contributed by atoms with Crippen LogP contribution in [-0.2, 0) is 0 Å². The van der Waals surface area contributed by atoms with Gasteiger partial charge in [0.1, 0.15) is 6.07 Å². The fourth-order valence-electron chi connectivity index (χ4n) is 1.19. The van der Waals surface area contributed by atoms with Crippen molar-refractivity contribution in [1.29, 1.82) is 5.26 Å². The molecule has 84 valence electrons. The zero-order valence-corrected chi connectivity index (χ0v) is 8.62. The minimum Gasteiger partial charge on any atom is -0.395 e. The van der Waals surface area contributed by atoms with Crippen LogP contribution in [0.5, 0.6) is 0 Å². The second-order valence-electron chi connectivity index (χ2n) is 3.08. The van der Waals surface area contributed by atoms with Crippen molar-refractivity contribution in [2.45, 2.75) is 0 Å². The van der Waals surface area contributed by atoms with Crippen LogP contribution in [0.3, 0.4) is 0 Å². The van der Waals surface area contributed by atoms with Gasteiger partial charge in [0, 0.05) is 25.9 Å². The van der Waals surface area contributed by atoms with E-state index in [1.165, 1.54) is 11.1 Å².